The minimum absolute atomic E-state index is 0.147. The van der Waals surface area contributed by atoms with Gasteiger partial charge in [-0.15, -0.1) is 0 Å². The van der Waals surface area contributed by atoms with Crippen LogP contribution in [0.1, 0.15) is 41.0 Å². The summed E-state index contributed by atoms with van der Waals surface area (Å²) in [6.45, 7) is 3.56. The van der Waals surface area contributed by atoms with Crippen molar-refractivity contribution in [3.05, 3.63) is 71.8 Å². The van der Waals surface area contributed by atoms with Gasteiger partial charge in [0.2, 0.25) is 11.8 Å². The van der Waals surface area contributed by atoms with Gasteiger partial charge in [0.25, 0.3) is 5.91 Å². The van der Waals surface area contributed by atoms with Gasteiger partial charge in [0.15, 0.2) is 0 Å². The van der Waals surface area contributed by atoms with Gasteiger partial charge in [-0.3, -0.25) is 14.4 Å². The first-order valence-corrected chi connectivity index (χ1v) is 12.1. The molecule has 2 bridgehead atoms. The number of benzene rings is 2. The molecule has 1 saturated heterocycles. The zero-order valence-corrected chi connectivity index (χ0v) is 19.5. The first kappa shape index (κ1) is 21.8. The maximum Gasteiger partial charge on any atom is 0.338 e. The van der Waals surface area contributed by atoms with Gasteiger partial charge < -0.3 is 10.1 Å². The highest BCUT2D eigenvalue weighted by Crippen LogP contribution is 2.65. The number of imide groups is 1. The van der Waals surface area contributed by atoms with Crippen molar-refractivity contribution in [1.82, 2.24) is 0 Å². The highest BCUT2D eigenvalue weighted by atomic mass is 16.5. The van der Waals surface area contributed by atoms with Crippen molar-refractivity contribution in [3.8, 4) is 0 Å². The van der Waals surface area contributed by atoms with E-state index in [1.165, 1.54) is 4.90 Å². The highest BCUT2D eigenvalue weighted by Gasteiger charge is 2.67. The Bertz CT molecular complexity index is 1240. The Labute approximate surface area is 203 Å². The van der Waals surface area contributed by atoms with Crippen LogP contribution in [-0.2, 0) is 14.3 Å². The van der Waals surface area contributed by atoms with Crippen molar-refractivity contribution in [2.75, 3.05) is 10.2 Å². The van der Waals surface area contributed by atoms with Crippen molar-refractivity contribution in [1.29, 1.82) is 0 Å². The molecular formula is C28H26N2O5. The summed E-state index contributed by atoms with van der Waals surface area (Å²) in [5, 5.41) is 2.80. The molecule has 6 unspecified atom stereocenters. The lowest BCUT2D eigenvalue weighted by atomic mass is 9.63. The molecule has 1 heterocycles. The molecule has 2 saturated carbocycles. The van der Waals surface area contributed by atoms with Crippen molar-refractivity contribution in [2.24, 2.45) is 35.5 Å². The summed E-state index contributed by atoms with van der Waals surface area (Å²) >= 11 is 0. The quantitative estimate of drug-likeness (QED) is 0.404. The predicted molar refractivity (Wildman–Crippen MR) is 129 cm³/mol. The molecule has 178 valence electrons. The Morgan fingerprint density at radius 2 is 1.54 bits per heavy atom. The van der Waals surface area contributed by atoms with E-state index in [1.807, 2.05) is 0 Å². The molecule has 2 aromatic carbocycles. The molecule has 5 aliphatic rings. The Balaban J connectivity index is 1.19. The van der Waals surface area contributed by atoms with Crippen LogP contribution < -0.4 is 10.2 Å². The van der Waals surface area contributed by atoms with Gasteiger partial charge in [-0.1, -0.05) is 18.2 Å². The number of hydrogen-bond donors (Lipinski definition) is 1. The number of carbonyl (C=O) groups is 4. The van der Waals surface area contributed by atoms with Crippen molar-refractivity contribution >= 4 is 35.1 Å². The second-order valence-corrected chi connectivity index (χ2v) is 10.2. The van der Waals surface area contributed by atoms with E-state index in [1.54, 1.807) is 62.4 Å². The number of esters is 1. The number of rotatable bonds is 5. The SMILES string of the molecule is CC(C)OC(=O)c1ccc(NC(=O)c2cccc(N3C(=O)C4C5C=CC(C6CC56)C4C3=O)c2)cc1. The molecule has 3 fully saturated rings. The number of nitrogens with zero attached hydrogens (tertiary/aromatic N) is 1. The molecule has 6 atom stereocenters. The minimum Gasteiger partial charge on any atom is -0.459 e. The monoisotopic (exact) mass is 470 g/mol. The van der Waals surface area contributed by atoms with Crippen molar-refractivity contribution < 1.29 is 23.9 Å². The normalized spacial score (nSPS) is 29.7. The zero-order valence-electron chi connectivity index (χ0n) is 19.5. The highest BCUT2D eigenvalue weighted by molar-refractivity contribution is 6.23. The summed E-state index contributed by atoms with van der Waals surface area (Å²) in [5.41, 5.74) is 1.68. The summed E-state index contributed by atoms with van der Waals surface area (Å²) in [7, 11) is 0. The van der Waals surface area contributed by atoms with E-state index in [-0.39, 0.29) is 47.5 Å². The first-order valence-electron chi connectivity index (χ1n) is 12.1. The lowest BCUT2D eigenvalue weighted by Crippen LogP contribution is -2.40. The topological polar surface area (TPSA) is 92.8 Å². The van der Waals surface area contributed by atoms with Gasteiger partial charge in [-0.05, 0) is 86.4 Å². The summed E-state index contributed by atoms with van der Waals surface area (Å²) in [6, 6.07) is 13.1. The fraction of sp³-hybridized carbons (Fsp3) is 0.357. The largest absolute Gasteiger partial charge is 0.459 e. The van der Waals surface area contributed by atoms with Crippen molar-refractivity contribution in [3.63, 3.8) is 0 Å². The summed E-state index contributed by atoms with van der Waals surface area (Å²) < 4.78 is 5.18. The third-order valence-corrected chi connectivity index (χ3v) is 7.75. The van der Waals surface area contributed by atoms with E-state index in [0.29, 0.717) is 34.3 Å². The van der Waals surface area contributed by atoms with E-state index < -0.39 is 5.97 Å². The van der Waals surface area contributed by atoms with Gasteiger partial charge in [0.05, 0.1) is 29.2 Å². The third kappa shape index (κ3) is 3.49. The van der Waals surface area contributed by atoms with Gasteiger partial charge in [0.1, 0.15) is 0 Å². The van der Waals surface area contributed by atoms with E-state index >= 15 is 0 Å². The Hall–Kier alpha value is -3.74. The van der Waals surface area contributed by atoms with Crippen LogP contribution in [-0.4, -0.2) is 29.8 Å². The predicted octanol–water partition coefficient (Wildman–Crippen LogP) is 4.06. The Morgan fingerprint density at radius 1 is 0.914 bits per heavy atom. The van der Waals surface area contributed by atoms with E-state index in [0.717, 1.165) is 6.42 Å². The van der Waals surface area contributed by atoms with Crippen LogP contribution in [0.2, 0.25) is 0 Å². The van der Waals surface area contributed by atoms with Gasteiger partial charge in [-0.2, -0.15) is 0 Å². The average Bonchev–Trinajstić information content (AvgIpc) is 3.62. The van der Waals surface area contributed by atoms with Gasteiger partial charge in [0, 0.05) is 11.3 Å². The molecule has 0 spiro atoms. The maximum atomic E-state index is 13.4. The molecule has 3 amide bonds. The standard InChI is InChI=1S/C28H26N2O5/c1-14(2)35-28(34)15-6-8-17(9-7-15)29-25(31)16-4-3-5-18(12-16)30-26(32)23-19-10-11-20(22-13-21(19)22)24(23)27(30)33/h3-12,14,19-24H,13H2,1-2H3,(H,29,31). The van der Waals surface area contributed by atoms with Crippen LogP contribution in [0.25, 0.3) is 0 Å². The van der Waals surface area contributed by atoms with Crippen LogP contribution in [0.15, 0.2) is 60.7 Å². The second kappa shape index (κ2) is 7.90. The fourth-order valence-electron chi connectivity index (χ4n) is 6.17. The molecule has 1 N–H and O–H groups in total. The number of amides is 3. The molecule has 7 rings (SSSR count). The molecule has 2 aromatic rings. The molecule has 7 nitrogen and oxygen atoms in total. The minimum atomic E-state index is -0.424. The van der Waals surface area contributed by atoms with Crippen LogP contribution in [0.3, 0.4) is 0 Å². The number of allylic oxidation sites excluding steroid dienone is 2. The van der Waals surface area contributed by atoms with Gasteiger partial charge >= 0.3 is 5.97 Å². The fourth-order valence-corrected chi connectivity index (χ4v) is 6.17. The molecular weight excluding hydrogens is 444 g/mol. The Morgan fingerprint density at radius 3 is 2.14 bits per heavy atom. The van der Waals surface area contributed by atoms with Crippen LogP contribution in [0.4, 0.5) is 11.4 Å². The second-order valence-electron chi connectivity index (χ2n) is 10.2. The zero-order chi connectivity index (χ0) is 24.4. The van der Waals surface area contributed by atoms with Gasteiger partial charge in [-0.25, -0.2) is 9.69 Å². The molecule has 35 heavy (non-hydrogen) atoms. The summed E-state index contributed by atoms with van der Waals surface area (Å²) in [5.74, 6) is -0.253. The third-order valence-electron chi connectivity index (χ3n) is 7.75. The van der Waals surface area contributed by atoms with Crippen LogP contribution in [0, 0.1) is 35.5 Å². The molecule has 7 heteroatoms. The van der Waals surface area contributed by atoms with Crippen LogP contribution in [0.5, 0.6) is 0 Å². The number of carbonyl (C=O) groups excluding carboxylic acids is 4. The van der Waals surface area contributed by atoms with Crippen LogP contribution >= 0.6 is 0 Å². The maximum absolute atomic E-state index is 13.4. The summed E-state index contributed by atoms with van der Waals surface area (Å²) in [6.07, 6.45) is 5.19. The molecule has 4 aliphatic carbocycles. The number of anilines is 2. The lowest BCUT2D eigenvalue weighted by Gasteiger charge is -2.37. The first-order chi connectivity index (χ1) is 16.8. The molecule has 0 aromatic heterocycles. The molecule has 1 aliphatic heterocycles. The Kier molecular flexibility index (Phi) is 4.91. The lowest BCUT2D eigenvalue weighted by molar-refractivity contribution is -0.124. The van der Waals surface area contributed by atoms with Crippen molar-refractivity contribution in [2.45, 2.75) is 26.4 Å². The molecule has 0 radical (unpaired) electrons. The van der Waals surface area contributed by atoms with E-state index in [4.69, 9.17) is 4.74 Å². The number of nitrogens with one attached hydrogen (secondary N) is 1. The van der Waals surface area contributed by atoms with E-state index in [9.17, 15) is 19.2 Å². The van der Waals surface area contributed by atoms with E-state index in [2.05, 4.69) is 17.5 Å². The number of hydrogen-bond acceptors (Lipinski definition) is 5. The smallest absolute Gasteiger partial charge is 0.338 e. The summed E-state index contributed by atoms with van der Waals surface area (Å²) in [4.78, 5) is 53.0. The number of ether oxygens (including phenoxy) is 1. The average molecular weight is 471 g/mol.